The maximum atomic E-state index is 12.9. The van der Waals surface area contributed by atoms with Crippen LogP contribution in [0.25, 0.3) is 0 Å². The molecule has 0 unspecified atom stereocenters. The fourth-order valence-corrected chi connectivity index (χ4v) is 6.10. The van der Waals surface area contributed by atoms with Crippen LogP contribution in [0.1, 0.15) is 23.5 Å². The van der Waals surface area contributed by atoms with E-state index in [4.69, 9.17) is 16.0 Å². The van der Waals surface area contributed by atoms with Gasteiger partial charge in [-0.1, -0.05) is 17.7 Å². The van der Waals surface area contributed by atoms with Gasteiger partial charge in [0.15, 0.2) is 0 Å². The standard InChI is InChI=1S/C22H24ClN3O4S2/c23-20-8-7-19(32(28,29)26-9-1-2-10-26)13-21(20)24-22(27)16-25(14-17-5-3-11-30-17)15-18-6-4-12-31-18/h3-8,11-13H,1-2,9-10,14-16H2,(H,24,27). The first-order valence-electron chi connectivity index (χ1n) is 10.3. The molecule has 170 valence electrons. The van der Waals surface area contributed by atoms with E-state index in [0.29, 0.717) is 26.2 Å². The van der Waals surface area contributed by atoms with Crippen molar-refractivity contribution in [2.24, 2.45) is 0 Å². The topological polar surface area (TPSA) is 82.9 Å². The molecule has 0 radical (unpaired) electrons. The third-order valence-electron chi connectivity index (χ3n) is 5.20. The van der Waals surface area contributed by atoms with Crippen LogP contribution in [0.15, 0.2) is 63.4 Å². The Hall–Kier alpha value is -2.17. The largest absolute Gasteiger partial charge is 0.468 e. The van der Waals surface area contributed by atoms with E-state index >= 15 is 0 Å². The summed E-state index contributed by atoms with van der Waals surface area (Å²) in [5.74, 6) is 0.469. The molecule has 1 aliphatic heterocycles. The van der Waals surface area contributed by atoms with Crippen molar-refractivity contribution < 1.29 is 17.6 Å². The second-order valence-electron chi connectivity index (χ2n) is 7.60. The summed E-state index contributed by atoms with van der Waals surface area (Å²) in [5, 5.41) is 5.06. The van der Waals surface area contributed by atoms with E-state index in [1.807, 2.05) is 34.5 Å². The molecule has 0 aliphatic carbocycles. The number of carbonyl (C=O) groups excluding carboxylic acids is 1. The van der Waals surface area contributed by atoms with Gasteiger partial charge in [0.05, 0.1) is 35.0 Å². The van der Waals surface area contributed by atoms with Gasteiger partial charge in [-0.25, -0.2) is 8.42 Å². The van der Waals surface area contributed by atoms with Crippen LogP contribution in [0.4, 0.5) is 5.69 Å². The van der Waals surface area contributed by atoms with Crippen LogP contribution in [-0.2, 0) is 27.9 Å². The number of furan rings is 1. The molecule has 3 aromatic rings. The Morgan fingerprint density at radius 1 is 1.16 bits per heavy atom. The van der Waals surface area contributed by atoms with E-state index in [0.717, 1.165) is 23.5 Å². The van der Waals surface area contributed by atoms with Crippen molar-refractivity contribution in [1.82, 2.24) is 9.21 Å². The molecule has 0 atom stereocenters. The van der Waals surface area contributed by atoms with Gasteiger partial charge in [-0.05, 0) is 54.6 Å². The second kappa shape index (κ2) is 10.2. The summed E-state index contributed by atoms with van der Waals surface area (Å²) in [5.41, 5.74) is 0.283. The lowest BCUT2D eigenvalue weighted by Crippen LogP contribution is -2.32. The van der Waals surface area contributed by atoms with Gasteiger partial charge in [0, 0.05) is 24.5 Å². The lowest BCUT2D eigenvalue weighted by molar-refractivity contribution is -0.117. The molecule has 0 saturated carbocycles. The molecular weight excluding hydrogens is 470 g/mol. The van der Waals surface area contributed by atoms with Crippen molar-refractivity contribution >= 4 is 44.6 Å². The molecule has 7 nitrogen and oxygen atoms in total. The zero-order chi connectivity index (χ0) is 22.6. The minimum Gasteiger partial charge on any atom is -0.468 e. The number of benzene rings is 1. The molecule has 1 saturated heterocycles. The maximum absolute atomic E-state index is 12.9. The molecule has 3 heterocycles. The Labute approximate surface area is 196 Å². The van der Waals surface area contributed by atoms with Gasteiger partial charge in [0.25, 0.3) is 0 Å². The zero-order valence-corrected chi connectivity index (χ0v) is 19.8. The predicted octanol–water partition coefficient (Wildman–Crippen LogP) is 4.42. The van der Waals surface area contributed by atoms with Crippen LogP contribution in [-0.4, -0.2) is 43.2 Å². The molecule has 0 spiro atoms. The fourth-order valence-electron chi connectivity index (χ4n) is 3.64. The Bertz CT molecular complexity index is 1110. The number of rotatable bonds is 9. The van der Waals surface area contributed by atoms with Gasteiger partial charge in [0.2, 0.25) is 15.9 Å². The van der Waals surface area contributed by atoms with Crippen LogP contribution in [0.3, 0.4) is 0 Å². The van der Waals surface area contributed by atoms with Crippen molar-refractivity contribution in [3.8, 4) is 0 Å². The third kappa shape index (κ3) is 5.60. The summed E-state index contributed by atoms with van der Waals surface area (Å²) in [7, 11) is -3.60. The summed E-state index contributed by atoms with van der Waals surface area (Å²) in [6.07, 6.45) is 3.31. The van der Waals surface area contributed by atoms with E-state index in [1.165, 1.54) is 22.5 Å². The summed E-state index contributed by atoms with van der Waals surface area (Å²) in [6, 6.07) is 12.1. The second-order valence-corrected chi connectivity index (χ2v) is 11.0. The highest BCUT2D eigenvalue weighted by Crippen LogP contribution is 2.28. The van der Waals surface area contributed by atoms with Crippen LogP contribution < -0.4 is 5.32 Å². The molecule has 1 fully saturated rings. The number of anilines is 1. The molecule has 1 aromatic carbocycles. The summed E-state index contributed by atoms with van der Waals surface area (Å²) in [6.45, 7) is 2.17. The average Bonchev–Trinajstić information content (AvgIpc) is 3.53. The van der Waals surface area contributed by atoms with E-state index in [2.05, 4.69) is 5.32 Å². The molecule has 4 rings (SSSR count). The number of thiophene rings is 1. The van der Waals surface area contributed by atoms with Gasteiger partial charge < -0.3 is 9.73 Å². The van der Waals surface area contributed by atoms with Crippen molar-refractivity contribution in [3.05, 3.63) is 69.8 Å². The Morgan fingerprint density at radius 3 is 2.66 bits per heavy atom. The third-order valence-corrected chi connectivity index (χ3v) is 8.29. The Morgan fingerprint density at radius 2 is 1.97 bits per heavy atom. The van der Waals surface area contributed by atoms with Crippen LogP contribution in [0, 0.1) is 0 Å². The van der Waals surface area contributed by atoms with Gasteiger partial charge >= 0.3 is 0 Å². The van der Waals surface area contributed by atoms with E-state index < -0.39 is 10.0 Å². The fraction of sp³-hybridized carbons (Fsp3) is 0.318. The number of carbonyl (C=O) groups is 1. The van der Waals surface area contributed by atoms with Crippen LogP contribution in [0.5, 0.6) is 0 Å². The van der Waals surface area contributed by atoms with Crippen molar-refractivity contribution in [1.29, 1.82) is 0 Å². The maximum Gasteiger partial charge on any atom is 0.243 e. The van der Waals surface area contributed by atoms with Gasteiger partial charge in [-0.3, -0.25) is 9.69 Å². The molecule has 1 aliphatic rings. The van der Waals surface area contributed by atoms with Gasteiger partial charge in [0.1, 0.15) is 5.76 Å². The number of hydrogen-bond donors (Lipinski definition) is 1. The average molecular weight is 494 g/mol. The number of hydrogen-bond acceptors (Lipinski definition) is 6. The zero-order valence-electron chi connectivity index (χ0n) is 17.4. The number of amides is 1. The monoisotopic (exact) mass is 493 g/mol. The normalized spacial score (nSPS) is 14.8. The molecule has 1 N–H and O–H groups in total. The van der Waals surface area contributed by atoms with Crippen LogP contribution in [0.2, 0.25) is 5.02 Å². The first-order valence-corrected chi connectivity index (χ1v) is 13.0. The summed E-state index contributed by atoms with van der Waals surface area (Å²) in [4.78, 5) is 16.1. The van der Waals surface area contributed by atoms with E-state index in [9.17, 15) is 13.2 Å². The smallest absolute Gasteiger partial charge is 0.243 e. The predicted molar refractivity (Wildman–Crippen MR) is 125 cm³/mol. The molecule has 2 aromatic heterocycles. The summed E-state index contributed by atoms with van der Waals surface area (Å²) >= 11 is 7.88. The highest BCUT2D eigenvalue weighted by molar-refractivity contribution is 7.89. The van der Waals surface area contributed by atoms with Crippen molar-refractivity contribution in [3.63, 3.8) is 0 Å². The van der Waals surface area contributed by atoms with Crippen LogP contribution >= 0.6 is 22.9 Å². The molecule has 0 bridgehead atoms. The van der Waals surface area contributed by atoms with Gasteiger partial charge in [-0.2, -0.15) is 4.31 Å². The number of sulfonamides is 1. The highest BCUT2D eigenvalue weighted by Gasteiger charge is 2.28. The molecular formula is C22H24ClN3O4S2. The quantitative estimate of drug-likeness (QED) is 0.477. The van der Waals surface area contributed by atoms with Crippen molar-refractivity contribution in [2.45, 2.75) is 30.8 Å². The van der Waals surface area contributed by atoms with Crippen molar-refractivity contribution in [2.75, 3.05) is 25.0 Å². The lowest BCUT2D eigenvalue weighted by atomic mass is 10.3. The van der Waals surface area contributed by atoms with Gasteiger partial charge in [-0.15, -0.1) is 11.3 Å². The Balaban J connectivity index is 1.48. The molecule has 32 heavy (non-hydrogen) atoms. The van der Waals surface area contributed by atoms with E-state index in [-0.39, 0.29) is 28.1 Å². The molecule has 10 heteroatoms. The minimum absolute atomic E-state index is 0.0953. The number of halogens is 1. The SMILES string of the molecule is O=C(CN(Cc1ccco1)Cc1cccs1)Nc1cc(S(=O)(=O)N2CCCC2)ccc1Cl. The number of nitrogens with zero attached hydrogens (tertiary/aromatic N) is 2. The summed E-state index contributed by atoms with van der Waals surface area (Å²) < 4.78 is 32.6. The highest BCUT2D eigenvalue weighted by atomic mass is 35.5. The Kier molecular flexibility index (Phi) is 7.32. The minimum atomic E-state index is -3.60. The first kappa shape index (κ1) is 23.0. The lowest BCUT2D eigenvalue weighted by Gasteiger charge is -2.21. The number of nitrogens with one attached hydrogen (secondary N) is 1. The first-order chi connectivity index (χ1) is 15.4. The van der Waals surface area contributed by atoms with E-state index in [1.54, 1.807) is 17.6 Å². The molecule has 1 amide bonds.